The number of rotatable bonds is 5. The van der Waals surface area contributed by atoms with Crippen LogP contribution in [-0.4, -0.2) is 41.0 Å². The maximum absolute atomic E-state index is 14.0. The zero-order valence-electron chi connectivity index (χ0n) is 22.7. The van der Waals surface area contributed by atoms with Gasteiger partial charge in [-0.2, -0.15) is 13.2 Å². The van der Waals surface area contributed by atoms with Crippen molar-refractivity contribution in [1.29, 1.82) is 0 Å². The van der Waals surface area contributed by atoms with Crippen LogP contribution in [0.2, 0.25) is 0 Å². The van der Waals surface area contributed by atoms with E-state index in [-0.39, 0.29) is 17.8 Å². The summed E-state index contributed by atoms with van der Waals surface area (Å²) in [6.45, 7) is 6.76. The van der Waals surface area contributed by atoms with Crippen molar-refractivity contribution < 1.29 is 17.9 Å². The summed E-state index contributed by atoms with van der Waals surface area (Å²) in [5.74, 6) is 0. The second kappa shape index (κ2) is 10.8. The van der Waals surface area contributed by atoms with Gasteiger partial charge >= 0.3 is 6.18 Å². The smallest absolute Gasteiger partial charge is 0.378 e. The highest BCUT2D eigenvalue weighted by atomic mass is 32.1. The maximum atomic E-state index is 14.0. The lowest BCUT2D eigenvalue weighted by atomic mass is 9.96. The summed E-state index contributed by atoms with van der Waals surface area (Å²) in [6.07, 6.45) is -2.75. The van der Waals surface area contributed by atoms with E-state index in [1.807, 2.05) is 50.2 Å². The first-order valence-corrected chi connectivity index (χ1v) is 13.9. The Balaban J connectivity index is 1.46. The van der Waals surface area contributed by atoms with Crippen molar-refractivity contribution in [2.24, 2.45) is 0 Å². The molecule has 2 atom stereocenters. The largest absolute Gasteiger partial charge is 0.418 e. The highest BCUT2D eigenvalue weighted by Gasteiger charge is 2.43. The minimum Gasteiger partial charge on any atom is -0.378 e. The van der Waals surface area contributed by atoms with Gasteiger partial charge in [0.2, 0.25) is 0 Å². The second-order valence-corrected chi connectivity index (χ2v) is 10.7. The number of nitrogens with one attached hydrogen (secondary N) is 1. The van der Waals surface area contributed by atoms with E-state index in [0.29, 0.717) is 29.7 Å². The first-order valence-electron chi connectivity index (χ1n) is 13.5. The lowest BCUT2D eigenvalue weighted by Crippen LogP contribution is -2.36. The molecule has 212 valence electrons. The number of aromatic nitrogens is 2. The van der Waals surface area contributed by atoms with Crippen LogP contribution < -0.4 is 15.1 Å². The highest BCUT2D eigenvalue weighted by molar-refractivity contribution is 7.80. The van der Waals surface area contributed by atoms with Gasteiger partial charge in [0.15, 0.2) is 5.11 Å². The molecule has 0 radical (unpaired) electrons. The zero-order valence-corrected chi connectivity index (χ0v) is 23.5. The first-order chi connectivity index (χ1) is 19.7. The van der Waals surface area contributed by atoms with E-state index in [1.165, 1.54) is 12.1 Å². The summed E-state index contributed by atoms with van der Waals surface area (Å²) >= 11 is 5.89. The molecular weight excluding hydrogens is 547 g/mol. The predicted molar refractivity (Wildman–Crippen MR) is 158 cm³/mol. The number of ether oxygens (including phenoxy) is 1. The van der Waals surface area contributed by atoms with E-state index in [1.54, 1.807) is 16.8 Å². The molecule has 0 unspecified atom stereocenters. The summed E-state index contributed by atoms with van der Waals surface area (Å²) in [5.41, 5.74) is 4.52. The third kappa shape index (κ3) is 5.06. The molecule has 0 bridgehead atoms. The van der Waals surface area contributed by atoms with E-state index >= 15 is 0 Å². The van der Waals surface area contributed by atoms with Crippen molar-refractivity contribution in [3.63, 3.8) is 0 Å². The minimum absolute atomic E-state index is 0.102. The Bertz CT molecular complexity index is 1550. The van der Waals surface area contributed by atoms with Gasteiger partial charge in [-0.3, -0.25) is 4.98 Å². The molecule has 4 heterocycles. The lowest BCUT2D eigenvalue weighted by Gasteiger charge is -2.31. The lowest BCUT2D eigenvalue weighted by molar-refractivity contribution is -0.137. The minimum atomic E-state index is -4.48. The van der Waals surface area contributed by atoms with Crippen LogP contribution in [0.3, 0.4) is 0 Å². The van der Waals surface area contributed by atoms with Gasteiger partial charge in [0, 0.05) is 42.0 Å². The molecule has 6 rings (SSSR count). The zero-order chi connectivity index (χ0) is 28.7. The number of aryl methyl sites for hydroxylation is 1. The van der Waals surface area contributed by atoms with E-state index in [4.69, 9.17) is 17.0 Å². The van der Waals surface area contributed by atoms with Gasteiger partial charge in [0.1, 0.15) is 0 Å². The quantitative estimate of drug-likeness (QED) is 0.273. The van der Waals surface area contributed by atoms with Crippen LogP contribution in [0, 0.1) is 13.8 Å². The average molecular weight is 578 g/mol. The Morgan fingerprint density at radius 1 is 0.927 bits per heavy atom. The Labute approximate surface area is 242 Å². The molecule has 10 heteroatoms. The number of para-hydroxylation sites is 1. The average Bonchev–Trinajstić information content (AvgIpc) is 3.48. The fraction of sp³-hybridized carbons (Fsp3) is 0.290. The summed E-state index contributed by atoms with van der Waals surface area (Å²) < 4.78 is 49.3. The Hall–Kier alpha value is -3.89. The summed E-state index contributed by atoms with van der Waals surface area (Å²) in [5, 5.41) is 3.99. The topological polar surface area (TPSA) is 45.6 Å². The fourth-order valence-electron chi connectivity index (χ4n) is 5.96. The van der Waals surface area contributed by atoms with Gasteiger partial charge < -0.3 is 24.4 Å². The molecule has 4 aromatic rings. The number of hydrogen-bond acceptors (Lipinski definition) is 4. The van der Waals surface area contributed by atoms with Gasteiger partial charge in [-0.25, -0.2) is 0 Å². The van der Waals surface area contributed by atoms with Crippen molar-refractivity contribution in [2.75, 3.05) is 36.1 Å². The van der Waals surface area contributed by atoms with Crippen molar-refractivity contribution in [1.82, 2.24) is 14.9 Å². The Morgan fingerprint density at radius 3 is 2.29 bits per heavy atom. The van der Waals surface area contributed by atoms with Crippen molar-refractivity contribution in [2.45, 2.75) is 32.1 Å². The molecule has 2 fully saturated rings. The summed E-state index contributed by atoms with van der Waals surface area (Å²) in [7, 11) is 0. The molecule has 0 amide bonds. The number of hydrogen-bond donors (Lipinski definition) is 1. The number of morpholine rings is 1. The molecule has 0 saturated carbocycles. The van der Waals surface area contributed by atoms with Gasteiger partial charge in [0.05, 0.1) is 42.2 Å². The monoisotopic (exact) mass is 577 g/mol. The van der Waals surface area contributed by atoms with E-state index in [9.17, 15) is 13.2 Å². The van der Waals surface area contributed by atoms with E-state index in [0.717, 1.165) is 41.8 Å². The molecule has 2 aromatic heterocycles. The van der Waals surface area contributed by atoms with Gasteiger partial charge in [-0.1, -0.05) is 18.2 Å². The third-order valence-electron chi connectivity index (χ3n) is 7.84. The molecule has 2 aromatic carbocycles. The van der Waals surface area contributed by atoms with Crippen LogP contribution >= 0.6 is 12.2 Å². The molecular formula is C31H30F3N5OS. The second-order valence-electron chi connectivity index (χ2n) is 10.3. The molecule has 41 heavy (non-hydrogen) atoms. The standard InChI is InChI=1S/C31H30F3N5OS/c1-20-19-24(21(2)38(20)27-9-4-3-7-25(27)31(32,33)34)29-28(26-8-5-6-14-35-26)36-30(41)39(29)23-12-10-22(11-13-23)37-15-17-40-18-16-37/h3-14,19,28-29H,15-18H2,1-2H3,(H,36,41)/t28-,29+/m1/s1. The van der Waals surface area contributed by atoms with Gasteiger partial charge in [0.25, 0.3) is 0 Å². The van der Waals surface area contributed by atoms with Crippen molar-refractivity contribution in [3.8, 4) is 5.69 Å². The molecule has 1 N–H and O–H groups in total. The van der Waals surface area contributed by atoms with Crippen LogP contribution in [0.5, 0.6) is 0 Å². The van der Waals surface area contributed by atoms with Crippen LogP contribution in [0.25, 0.3) is 5.69 Å². The number of thiocarbonyl (C=S) groups is 1. The van der Waals surface area contributed by atoms with Crippen LogP contribution in [0.1, 0.15) is 40.3 Å². The summed E-state index contributed by atoms with van der Waals surface area (Å²) in [6, 6.07) is 21.0. The molecule has 0 spiro atoms. The molecule has 2 saturated heterocycles. The summed E-state index contributed by atoms with van der Waals surface area (Å²) in [4.78, 5) is 8.96. The Kier molecular flexibility index (Phi) is 7.21. The number of nitrogens with zero attached hydrogens (tertiary/aromatic N) is 4. The van der Waals surface area contributed by atoms with Crippen LogP contribution in [-0.2, 0) is 10.9 Å². The van der Waals surface area contributed by atoms with Crippen LogP contribution in [0.15, 0.2) is 79.0 Å². The number of benzene rings is 2. The number of pyridine rings is 1. The number of anilines is 2. The third-order valence-corrected chi connectivity index (χ3v) is 8.16. The Morgan fingerprint density at radius 2 is 1.61 bits per heavy atom. The van der Waals surface area contributed by atoms with E-state index in [2.05, 4.69) is 32.2 Å². The SMILES string of the molecule is Cc1cc([C@H]2[C@@H](c3ccccn3)NC(=S)N2c2ccc(N3CCOCC3)cc2)c(C)n1-c1ccccc1C(F)(F)F. The van der Waals surface area contributed by atoms with Crippen molar-refractivity contribution in [3.05, 3.63) is 107 Å². The fourth-order valence-corrected chi connectivity index (χ4v) is 6.31. The van der Waals surface area contributed by atoms with Crippen molar-refractivity contribution >= 4 is 28.7 Å². The molecule has 0 aliphatic carbocycles. The van der Waals surface area contributed by atoms with Gasteiger partial charge in [-0.15, -0.1) is 0 Å². The van der Waals surface area contributed by atoms with Gasteiger partial charge in [-0.05, 0) is 86.2 Å². The maximum Gasteiger partial charge on any atom is 0.418 e. The molecule has 6 nitrogen and oxygen atoms in total. The van der Waals surface area contributed by atoms with E-state index < -0.39 is 11.7 Å². The predicted octanol–water partition coefficient (Wildman–Crippen LogP) is 6.52. The first kappa shape index (κ1) is 27.3. The molecule has 2 aliphatic rings. The number of halogens is 3. The molecule has 2 aliphatic heterocycles. The highest BCUT2D eigenvalue weighted by Crippen LogP contribution is 2.45. The normalized spacial score (nSPS) is 19.5. The number of alkyl halides is 3. The van der Waals surface area contributed by atoms with Crippen LogP contribution in [0.4, 0.5) is 24.5 Å².